The molecule has 1 aromatic heterocycles. The third-order valence-corrected chi connectivity index (χ3v) is 1.01. The molecule has 0 spiro atoms. The zero-order valence-corrected chi connectivity index (χ0v) is 5.79. The van der Waals surface area contributed by atoms with Crippen LogP contribution < -0.4 is 11.4 Å². The van der Waals surface area contributed by atoms with Gasteiger partial charge in [0.05, 0.1) is 12.1 Å². The van der Waals surface area contributed by atoms with E-state index in [0.29, 0.717) is 12.1 Å². The van der Waals surface area contributed by atoms with Crippen LogP contribution in [0.3, 0.4) is 0 Å². The number of hydrogen-bond donors (Lipinski definition) is 2. The second-order valence-corrected chi connectivity index (χ2v) is 1.81. The Labute approximate surface area is 63.5 Å². The monoisotopic (exact) mass is 149 g/mol. The third kappa shape index (κ3) is 2.24. The average molecular weight is 149 g/mol. The molecule has 1 aromatic rings. The second-order valence-electron chi connectivity index (χ2n) is 1.81. The highest BCUT2D eigenvalue weighted by molar-refractivity contribution is 5.28. The van der Waals surface area contributed by atoms with Crippen molar-refractivity contribution in [3.63, 3.8) is 0 Å². The van der Waals surface area contributed by atoms with Crippen LogP contribution in [0.4, 0.5) is 0 Å². The van der Waals surface area contributed by atoms with Gasteiger partial charge in [-0.25, -0.2) is 9.78 Å². The summed E-state index contributed by atoms with van der Waals surface area (Å²) < 4.78 is 0. The van der Waals surface area contributed by atoms with Gasteiger partial charge in [0.1, 0.15) is 0 Å². The first-order chi connectivity index (χ1) is 5.33. The summed E-state index contributed by atoms with van der Waals surface area (Å²) >= 11 is 0. The van der Waals surface area contributed by atoms with Crippen molar-refractivity contribution < 1.29 is 0 Å². The molecule has 0 atom stereocenters. The lowest BCUT2D eigenvalue weighted by molar-refractivity contribution is 1.07. The van der Waals surface area contributed by atoms with E-state index in [9.17, 15) is 4.79 Å². The molecular weight excluding hydrogens is 142 g/mol. The van der Waals surface area contributed by atoms with E-state index in [1.807, 2.05) is 0 Å². The molecule has 0 aromatic carbocycles. The largest absolute Gasteiger partial charge is 0.344 e. The Balaban J connectivity index is 2.90. The lowest BCUT2D eigenvalue weighted by atomic mass is 10.3. The number of rotatable bonds is 0. The van der Waals surface area contributed by atoms with Crippen LogP contribution in [0.2, 0.25) is 0 Å². The van der Waals surface area contributed by atoms with Gasteiger partial charge in [-0.1, -0.05) is 11.8 Å². The summed E-state index contributed by atoms with van der Waals surface area (Å²) in [5.41, 5.74) is 5.43. The molecule has 11 heavy (non-hydrogen) atoms. The molecule has 0 saturated heterocycles. The number of H-pyrrole nitrogens is 1. The molecule has 4 nitrogen and oxygen atoms in total. The van der Waals surface area contributed by atoms with Crippen LogP contribution in [0, 0.1) is 11.8 Å². The fourth-order valence-corrected chi connectivity index (χ4v) is 0.564. The van der Waals surface area contributed by atoms with E-state index in [1.54, 1.807) is 0 Å². The summed E-state index contributed by atoms with van der Waals surface area (Å²) in [7, 11) is 0. The van der Waals surface area contributed by atoms with E-state index in [1.165, 1.54) is 12.4 Å². The van der Waals surface area contributed by atoms with Gasteiger partial charge >= 0.3 is 5.69 Å². The summed E-state index contributed by atoms with van der Waals surface area (Å²) in [5, 5.41) is 0. The third-order valence-electron chi connectivity index (χ3n) is 1.01. The first-order valence-electron chi connectivity index (χ1n) is 3.06. The number of aromatic amines is 1. The Morgan fingerprint density at radius 2 is 2.55 bits per heavy atom. The maximum absolute atomic E-state index is 10.5. The molecular formula is C7H7N3O. The van der Waals surface area contributed by atoms with Crippen molar-refractivity contribution in [1.29, 1.82) is 0 Å². The van der Waals surface area contributed by atoms with Crippen molar-refractivity contribution in [3.8, 4) is 11.8 Å². The van der Waals surface area contributed by atoms with E-state index in [-0.39, 0.29) is 5.69 Å². The standard InChI is InChI=1S/C7H7N3O/c8-3-1-2-6-4-9-7(11)10-5-6/h4-5H,3,8H2,(H,9,10,11). The molecule has 4 heteroatoms. The predicted octanol–water partition coefficient (Wildman–Crippen LogP) is -0.920. The van der Waals surface area contributed by atoms with Crippen molar-refractivity contribution in [3.05, 3.63) is 28.4 Å². The van der Waals surface area contributed by atoms with Crippen molar-refractivity contribution >= 4 is 0 Å². The average Bonchev–Trinajstić information content (AvgIpc) is 2.04. The predicted molar refractivity (Wildman–Crippen MR) is 40.8 cm³/mol. The minimum atomic E-state index is -0.372. The molecule has 0 bridgehead atoms. The van der Waals surface area contributed by atoms with Gasteiger partial charge in [0.2, 0.25) is 0 Å². The smallest absolute Gasteiger partial charge is 0.320 e. The summed E-state index contributed by atoms with van der Waals surface area (Å²) in [4.78, 5) is 16.3. The molecule has 0 saturated carbocycles. The van der Waals surface area contributed by atoms with E-state index >= 15 is 0 Å². The van der Waals surface area contributed by atoms with Crippen molar-refractivity contribution in [2.75, 3.05) is 6.54 Å². The first kappa shape index (κ1) is 7.51. The number of nitrogens with zero attached hydrogens (tertiary/aromatic N) is 1. The van der Waals surface area contributed by atoms with Gasteiger partial charge < -0.3 is 10.7 Å². The molecule has 0 aliphatic carbocycles. The fourth-order valence-electron chi connectivity index (χ4n) is 0.564. The Hall–Kier alpha value is -1.60. The van der Waals surface area contributed by atoms with Crippen LogP contribution in [0.25, 0.3) is 0 Å². The van der Waals surface area contributed by atoms with Crippen molar-refractivity contribution in [2.45, 2.75) is 0 Å². The van der Waals surface area contributed by atoms with Crippen molar-refractivity contribution in [2.24, 2.45) is 5.73 Å². The SMILES string of the molecule is NCC#Cc1cnc(=O)[nH]c1. The molecule has 0 amide bonds. The molecule has 3 N–H and O–H groups in total. The van der Waals surface area contributed by atoms with Gasteiger partial charge in [0, 0.05) is 12.4 Å². The van der Waals surface area contributed by atoms with Gasteiger partial charge in [-0.05, 0) is 0 Å². The second kappa shape index (κ2) is 3.54. The molecule has 0 aliphatic heterocycles. The van der Waals surface area contributed by atoms with Crippen molar-refractivity contribution in [1.82, 2.24) is 9.97 Å². The molecule has 1 rings (SSSR count). The number of nitrogens with two attached hydrogens (primary N) is 1. The zero-order chi connectivity index (χ0) is 8.10. The summed E-state index contributed by atoms with van der Waals surface area (Å²) in [6.07, 6.45) is 2.90. The summed E-state index contributed by atoms with van der Waals surface area (Å²) in [6.45, 7) is 0.305. The highest BCUT2D eigenvalue weighted by Gasteiger charge is 1.84. The van der Waals surface area contributed by atoms with Crippen LogP contribution >= 0.6 is 0 Å². The molecule has 0 aliphatic rings. The molecule has 56 valence electrons. The highest BCUT2D eigenvalue weighted by atomic mass is 16.1. The quantitative estimate of drug-likeness (QED) is 0.468. The van der Waals surface area contributed by atoms with Crippen LogP contribution in [0.5, 0.6) is 0 Å². The van der Waals surface area contributed by atoms with E-state index < -0.39 is 0 Å². The molecule has 1 heterocycles. The number of hydrogen-bond acceptors (Lipinski definition) is 3. The Morgan fingerprint density at radius 3 is 3.09 bits per heavy atom. The molecule has 0 unspecified atom stereocenters. The Bertz CT molecular complexity index is 324. The fraction of sp³-hybridized carbons (Fsp3) is 0.143. The summed E-state index contributed by atoms with van der Waals surface area (Å²) in [6, 6.07) is 0. The number of aromatic nitrogens is 2. The van der Waals surface area contributed by atoms with Gasteiger partial charge in [-0.15, -0.1) is 0 Å². The van der Waals surface area contributed by atoms with Gasteiger partial charge in [0.25, 0.3) is 0 Å². The molecule has 0 fully saturated rings. The van der Waals surface area contributed by atoms with Crippen LogP contribution in [-0.2, 0) is 0 Å². The Kier molecular flexibility index (Phi) is 2.42. The lowest BCUT2D eigenvalue weighted by Crippen LogP contribution is -2.08. The topological polar surface area (TPSA) is 71.8 Å². The summed E-state index contributed by atoms with van der Waals surface area (Å²) in [5.74, 6) is 5.36. The minimum absolute atomic E-state index is 0.305. The lowest BCUT2D eigenvalue weighted by Gasteiger charge is -1.84. The van der Waals surface area contributed by atoms with Crippen LogP contribution in [-0.4, -0.2) is 16.5 Å². The maximum atomic E-state index is 10.5. The van der Waals surface area contributed by atoms with E-state index in [0.717, 1.165) is 0 Å². The van der Waals surface area contributed by atoms with Crippen LogP contribution in [0.1, 0.15) is 5.56 Å². The Morgan fingerprint density at radius 1 is 1.73 bits per heavy atom. The van der Waals surface area contributed by atoms with Gasteiger partial charge in [0.15, 0.2) is 0 Å². The van der Waals surface area contributed by atoms with E-state index in [4.69, 9.17) is 5.73 Å². The van der Waals surface area contributed by atoms with Gasteiger partial charge in [-0.2, -0.15) is 0 Å². The number of nitrogens with one attached hydrogen (secondary N) is 1. The van der Waals surface area contributed by atoms with Crippen LogP contribution in [0.15, 0.2) is 17.2 Å². The highest BCUT2D eigenvalue weighted by Crippen LogP contribution is 1.84. The molecule has 0 radical (unpaired) electrons. The normalized spacial score (nSPS) is 8.45. The van der Waals surface area contributed by atoms with Gasteiger partial charge in [-0.3, -0.25) is 0 Å². The maximum Gasteiger partial charge on any atom is 0.344 e. The zero-order valence-electron chi connectivity index (χ0n) is 5.79. The first-order valence-corrected chi connectivity index (χ1v) is 3.06. The van der Waals surface area contributed by atoms with E-state index in [2.05, 4.69) is 21.8 Å². The minimum Gasteiger partial charge on any atom is -0.320 e.